The molecule has 0 N–H and O–H groups in total. The van der Waals surface area contributed by atoms with Crippen molar-refractivity contribution in [2.24, 2.45) is 0 Å². The summed E-state index contributed by atoms with van der Waals surface area (Å²) in [6, 6.07) is 14.4. The summed E-state index contributed by atoms with van der Waals surface area (Å²) >= 11 is 5.83. The van der Waals surface area contributed by atoms with Gasteiger partial charge in [-0.2, -0.15) is 0 Å². The molecule has 2 aromatic carbocycles. The lowest BCUT2D eigenvalue weighted by molar-refractivity contribution is -0.130. The Balaban J connectivity index is 1.43. The Hall–Kier alpha value is -2.73. The fraction of sp³-hybridized carbons (Fsp3) is 0.300. The summed E-state index contributed by atoms with van der Waals surface area (Å²) in [7, 11) is 1.74. The van der Waals surface area contributed by atoms with Crippen LogP contribution in [0.3, 0.4) is 0 Å². The molecule has 0 unspecified atom stereocenters. The van der Waals surface area contributed by atoms with Gasteiger partial charge in [0.05, 0.1) is 12.1 Å². The zero-order valence-electron chi connectivity index (χ0n) is 15.1. The molecule has 0 spiro atoms. The summed E-state index contributed by atoms with van der Waals surface area (Å²) in [6.45, 7) is 1.32. The first kappa shape index (κ1) is 19.0. The molecule has 0 saturated heterocycles. The number of hydrogen-bond donors (Lipinski definition) is 0. The van der Waals surface area contributed by atoms with Crippen LogP contribution in [0.4, 0.5) is 0 Å². The van der Waals surface area contributed by atoms with E-state index in [1.54, 1.807) is 46.8 Å². The van der Waals surface area contributed by atoms with Crippen LogP contribution in [0.15, 0.2) is 57.7 Å². The van der Waals surface area contributed by atoms with Crippen molar-refractivity contribution in [3.63, 3.8) is 0 Å². The van der Waals surface area contributed by atoms with Crippen molar-refractivity contribution < 1.29 is 13.9 Å². The van der Waals surface area contributed by atoms with Crippen molar-refractivity contribution in [1.29, 1.82) is 0 Å². The van der Waals surface area contributed by atoms with Gasteiger partial charge in [0.15, 0.2) is 5.58 Å². The van der Waals surface area contributed by atoms with Crippen LogP contribution >= 0.6 is 11.6 Å². The van der Waals surface area contributed by atoms with Crippen LogP contribution in [0.25, 0.3) is 11.1 Å². The van der Waals surface area contributed by atoms with Gasteiger partial charge in [0.1, 0.15) is 12.4 Å². The van der Waals surface area contributed by atoms with E-state index in [4.69, 9.17) is 20.8 Å². The second kappa shape index (κ2) is 8.77. The Morgan fingerprint density at radius 2 is 1.93 bits per heavy atom. The largest absolute Gasteiger partial charge is 0.492 e. The van der Waals surface area contributed by atoms with Crippen molar-refractivity contribution >= 4 is 28.6 Å². The number of amides is 1. The SMILES string of the molecule is CN(CCOc1ccc(Cl)cc1)C(=O)CCCn1c(=O)oc2ccccc21. The molecule has 0 aliphatic rings. The maximum atomic E-state index is 12.2. The minimum Gasteiger partial charge on any atom is -0.492 e. The Labute approximate surface area is 161 Å². The van der Waals surface area contributed by atoms with Crippen molar-refractivity contribution in [2.75, 3.05) is 20.2 Å². The number of carbonyl (C=O) groups is 1. The Kier molecular flexibility index (Phi) is 6.19. The fourth-order valence-corrected chi connectivity index (χ4v) is 2.89. The molecule has 6 nitrogen and oxygen atoms in total. The molecule has 0 fully saturated rings. The van der Waals surface area contributed by atoms with Crippen molar-refractivity contribution in [3.8, 4) is 5.75 Å². The van der Waals surface area contributed by atoms with Gasteiger partial charge in [-0.15, -0.1) is 0 Å². The van der Waals surface area contributed by atoms with Crippen LogP contribution in [-0.4, -0.2) is 35.6 Å². The lowest BCUT2D eigenvalue weighted by atomic mass is 10.2. The number of benzene rings is 2. The van der Waals surface area contributed by atoms with Gasteiger partial charge in [0.25, 0.3) is 0 Å². The second-order valence-electron chi connectivity index (χ2n) is 6.21. The Morgan fingerprint density at radius 1 is 1.19 bits per heavy atom. The van der Waals surface area contributed by atoms with Crippen molar-refractivity contribution in [1.82, 2.24) is 9.47 Å². The molecule has 1 heterocycles. The summed E-state index contributed by atoms with van der Waals surface area (Å²) < 4.78 is 12.4. The molecule has 0 saturated carbocycles. The van der Waals surface area contributed by atoms with Gasteiger partial charge in [-0.3, -0.25) is 9.36 Å². The van der Waals surface area contributed by atoms with E-state index in [0.717, 1.165) is 5.52 Å². The Morgan fingerprint density at radius 3 is 2.70 bits per heavy atom. The van der Waals surface area contributed by atoms with E-state index in [9.17, 15) is 9.59 Å². The van der Waals surface area contributed by atoms with Gasteiger partial charge in [0, 0.05) is 25.0 Å². The zero-order valence-corrected chi connectivity index (χ0v) is 15.8. The van der Waals surface area contributed by atoms with Gasteiger partial charge in [0.2, 0.25) is 5.91 Å². The molecule has 27 heavy (non-hydrogen) atoms. The quantitative estimate of drug-likeness (QED) is 0.591. The molecule has 0 aliphatic heterocycles. The highest BCUT2D eigenvalue weighted by atomic mass is 35.5. The van der Waals surface area contributed by atoms with E-state index in [-0.39, 0.29) is 5.91 Å². The minimum absolute atomic E-state index is 0.00977. The number of aryl methyl sites for hydroxylation is 1. The number of oxazole rings is 1. The number of carbonyl (C=O) groups excluding carboxylic acids is 1. The predicted molar refractivity (Wildman–Crippen MR) is 104 cm³/mol. The summed E-state index contributed by atoms with van der Waals surface area (Å²) in [6.07, 6.45) is 0.911. The standard InChI is InChI=1S/C20H21ClN2O4/c1-22(13-14-26-16-10-8-15(21)9-11-16)19(24)7-4-12-23-17-5-2-3-6-18(17)27-20(23)25/h2-3,5-6,8-11H,4,7,12-14H2,1H3. The van der Waals surface area contributed by atoms with Gasteiger partial charge < -0.3 is 14.1 Å². The van der Waals surface area contributed by atoms with Gasteiger partial charge in [-0.25, -0.2) is 4.79 Å². The predicted octanol–water partition coefficient (Wildman–Crippen LogP) is 3.57. The van der Waals surface area contributed by atoms with Crippen LogP contribution in [0.5, 0.6) is 5.75 Å². The molecule has 0 radical (unpaired) electrons. The number of para-hydroxylation sites is 2. The second-order valence-corrected chi connectivity index (χ2v) is 6.64. The third-order valence-corrected chi connectivity index (χ3v) is 4.53. The van der Waals surface area contributed by atoms with Gasteiger partial charge in [-0.05, 0) is 42.8 Å². The lowest BCUT2D eigenvalue weighted by Gasteiger charge is -2.17. The van der Waals surface area contributed by atoms with Crippen LogP contribution in [0, 0.1) is 0 Å². The highest BCUT2D eigenvalue weighted by Crippen LogP contribution is 2.15. The van der Waals surface area contributed by atoms with Crippen molar-refractivity contribution in [3.05, 3.63) is 64.1 Å². The van der Waals surface area contributed by atoms with E-state index >= 15 is 0 Å². The average molecular weight is 389 g/mol. The van der Waals surface area contributed by atoms with Crippen LogP contribution < -0.4 is 10.5 Å². The normalized spacial score (nSPS) is 10.9. The average Bonchev–Trinajstić information content (AvgIpc) is 2.98. The van der Waals surface area contributed by atoms with Crippen LogP contribution in [-0.2, 0) is 11.3 Å². The van der Waals surface area contributed by atoms with E-state index < -0.39 is 5.76 Å². The number of nitrogens with zero attached hydrogens (tertiary/aromatic N) is 2. The molecular formula is C20H21ClN2O4. The highest BCUT2D eigenvalue weighted by molar-refractivity contribution is 6.30. The number of ether oxygens (including phenoxy) is 1. The first-order valence-corrected chi connectivity index (χ1v) is 9.13. The van der Waals surface area contributed by atoms with E-state index in [2.05, 4.69) is 0 Å². The molecule has 7 heteroatoms. The van der Waals surface area contributed by atoms with E-state index in [0.29, 0.717) is 48.9 Å². The minimum atomic E-state index is -0.395. The molecule has 1 amide bonds. The summed E-state index contributed by atoms with van der Waals surface area (Å²) in [4.78, 5) is 25.8. The molecular weight excluding hydrogens is 368 g/mol. The summed E-state index contributed by atoms with van der Waals surface area (Å²) in [5, 5.41) is 0.652. The summed E-state index contributed by atoms with van der Waals surface area (Å²) in [5.74, 6) is 0.329. The maximum Gasteiger partial charge on any atom is 0.419 e. The van der Waals surface area contributed by atoms with E-state index in [1.165, 1.54) is 0 Å². The Bertz CT molecular complexity index is 962. The molecule has 0 bridgehead atoms. The topological polar surface area (TPSA) is 64.7 Å². The molecule has 142 valence electrons. The summed E-state index contributed by atoms with van der Waals surface area (Å²) in [5.41, 5.74) is 1.31. The van der Waals surface area contributed by atoms with Gasteiger partial charge in [-0.1, -0.05) is 23.7 Å². The van der Waals surface area contributed by atoms with E-state index in [1.807, 2.05) is 18.2 Å². The maximum absolute atomic E-state index is 12.2. The fourth-order valence-electron chi connectivity index (χ4n) is 2.76. The number of hydrogen-bond acceptors (Lipinski definition) is 4. The molecule has 0 atom stereocenters. The van der Waals surface area contributed by atoms with Crippen LogP contribution in [0.2, 0.25) is 5.02 Å². The third kappa shape index (κ3) is 4.92. The lowest BCUT2D eigenvalue weighted by Crippen LogP contribution is -2.31. The number of halogens is 1. The third-order valence-electron chi connectivity index (χ3n) is 4.28. The smallest absolute Gasteiger partial charge is 0.419 e. The number of rotatable bonds is 8. The number of aromatic nitrogens is 1. The number of likely N-dealkylation sites (N-methyl/N-ethyl adjacent to an activating group) is 1. The first-order valence-electron chi connectivity index (χ1n) is 8.75. The van der Waals surface area contributed by atoms with Crippen LogP contribution in [0.1, 0.15) is 12.8 Å². The first-order chi connectivity index (χ1) is 13.0. The molecule has 0 aliphatic carbocycles. The molecule has 1 aromatic heterocycles. The molecule has 3 rings (SSSR count). The molecule has 3 aromatic rings. The number of fused-ring (bicyclic) bond motifs is 1. The van der Waals surface area contributed by atoms with Gasteiger partial charge >= 0.3 is 5.76 Å². The van der Waals surface area contributed by atoms with Crippen molar-refractivity contribution in [2.45, 2.75) is 19.4 Å². The highest BCUT2D eigenvalue weighted by Gasteiger charge is 2.11. The zero-order chi connectivity index (χ0) is 19.2. The monoisotopic (exact) mass is 388 g/mol.